The number of rotatable bonds is 18. The molecule has 0 aliphatic carbocycles. The van der Waals surface area contributed by atoms with Crippen molar-refractivity contribution in [2.24, 2.45) is 5.92 Å². The molecular weight excluding hydrogens is 711 g/mol. The van der Waals surface area contributed by atoms with Crippen molar-refractivity contribution in [3.63, 3.8) is 0 Å². The SMILES string of the molecule is CCCCC[C@@H](C(=O)NCNC(=O)c1ccc(-c2cc(OCC)cc(P(=O)(O)O)c2)o1)[C@@H](CC)N(C=O)OC(=O)c1ccc2c(c1)N(C)CCO2.N.N. The van der Waals surface area contributed by atoms with E-state index in [1.54, 1.807) is 32.0 Å². The number of carbonyl (C=O) groups is 4. The number of hydrogen-bond acceptors (Lipinski definition) is 12. The lowest BCUT2D eigenvalue weighted by atomic mass is 9.90. The van der Waals surface area contributed by atoms with Gasteiger partial charge in [0.2, 0.25) is 12.3 Å². The van der Waals surface area contributed by atoms with Crippen LogP contribution in [0.5, 0.6) is 11.5 Å². The third kappa shape index (κ3) is 11.5. The van der Waals surface area contributed by atoms with Gasteiger partial charge >= 0.3 is 13.6 Å². The van der Waals surface area contributed by atoms with Crippen LogP contribution in [0.25, 0.3) is 11.3 Å². The lowest BCUT2D eigenvalue weighted by Gasteiger charge is -2.32. The number of ether oxygens (including phenoxy) is 2. The molecule has 2 atom stereocenters. The Balaban J connectivity index is 0.00000486. The van der Waals surface area contributed by atoms with Gasteiger partial charge in [-0.15, -0.1) is 0 Å². The van der Waals surface area contributed by atoms with Crippen molar-refractivity contribution in [2.75, 3.05) is 38.4 Å². The molecule has 1 aliphatic rings. The molecule has 0 saturated carbocycles. The number of benzene rings is 2. The first-order chi connectivity index (χ1) is 24.4. The monoisotopic (exact) mass is 762 g/mol. The summed E-state index contributed by atoms with van der Waals surface area (Å²) in [6.07, 6.45) is 3.50. The topological polar surface area (TPSA) is 267 Å². The van der Waals surface area contributed by atoms with Gasteiger partial charge in [0, 0.05) is 12.6 Å². The molecule has 2 aromatic carbocycles. The van der Waals surface area contributed by atoms with Crippen molar-refractivity contribution in [3.05, 3.63) is 59.9 Å². The van der Waals surface area contributed by atoms with E-state index >= 15 is 0 Å². The molecule has 0 spiro atoms. The predicted octanol–water partition coefficient (Wildman–Crippen LogP) is 4.31. The molecule has 0 fully saturated rings. The number of anilines is 1. The summed E-state index contributed by atoms with van der Waals surface area (Å²) in [6.45, 7) is 6.69. The van der Waals surface area contributed by atoms with E-state index in [2.05, 4.69) is 10.6 Å². The molecular formula is C35H51N6O11P. The van der Waals surface area contributed by atoms with Crippen LogP contribution < -0.4 is 42.6 Å². The van der Waals surface area contributed by atoms with E-state index in [1.165, 1.54) is 30.3 Å². The van der Waals surface area contributed by atoms with Gasteiger partial charge in [-0.3, -0.25) is 18.9 Å². The molecule has 0 radical (unpaired) electrons. The van der Waals surface area contributed by atoms with Crippen LogP contribution in [0, 0.1) is 5.92 Å². The van der Waals surface area contributed by atoms with Crippen LogP contribution in [0.15, 0.2) is 52.9 Å². The zero-order chi connectivity index (χ0) is 37.1. The number of unbranched alkanes of at least 4 members (excludes halogenated alkanes) is 2. The molecule has 292 valence electrons. The second-order valence-corrected chi connectivity index (χ2v) is 13.6. The summed E-state index contributed by atoms with van der Waals surface area (Å²) in [5.41, 5.74) is 1.23. The number of amides is 3. The third-order valence-electron chi connectivity index (χ3n) is 8.41. The fourth-order valence-electron chi connectivity index (χ4n) is 5.74. The van der Waals surface area contributed by atoms with Gasteiger partial charge in [-0.1, -0.05) is 33.1 Å². The van der Waals surface area contributed by atoms with E-state index in [9.17, 15) is 33.5 Å². The van der Waals surface area contributed by atoms with Crippen LogP contribution >= 0.6 is 7.60 Å². The quantitative estimate of drug-likeness (QED) is 0.0347. The smallest absolute Gasteiger partial charge is 0.363 e. The van der Waals surface area contributed by atoms with Crippen LogP contribution in [0.4, 0.5) is 5.69 Å². The zero-order valence-corrected chi connectivity index (χ0v) is 31.4. The van der Waals surface area contributed by atoms with E-state index in [0.29, 0.717) is 50.1 Å². The van der Waals surface area contributed by atoms with Crippen LogP contribution in [0.2, 0.25) is 0 Å². The Morgan fingerprint density at radius 1 is 1.04 bits per heavy atom. The van der Waals surface area contributed by atoms with Gasteiger partial charge < -0.3 is 56.3 Å². The zero-order valence-electron chi connectivity index (χ0n) is 30.5. The summed E-state index contributed by atoms with van der Waals surface area (Å²) in [6, 6.07) is 11.0. The Morgan fingerprint density at radius 3 is 2.45 bits per heavy atom. The summed E-state index contributed by atoms with van der Waals surface area (Å²) < 4.78 is 28.7. The minimum Gasteiger partial charge on any atom is -0.494 e. The Hall–Kier alpha value is -4.93. The molecule has 3 amide bonds. The van der Waals surface area contributed by atoms with E-state index in [0.717, 1.165) is 23.6 Å². The molecule has 1 aromatic heterocycles. The average molecular weight is 763 g/mol. The van der Waals surface area contributed by atoms with Crippen LogP contribution in [-0.4, -0.2) is 78.6 Å². The predicted molar refractivity (Wildman–Crippen MR) is 198 cm³/mol. The van der Waals surface area contributed by atoms with Gasteiger partial charge in [0.15, 0.2) is 5.76 Å². The number of nitrogens with one attached hydrogen (secondary N) is 2. The molecule has 18 heteroatoms. The molecule has 17 nitrogen and oxygen atoms in total. The Morgan fingerprint density at radius 2 is 1.79 bits per heavy atom. The molecule has 1 aliphatic heterocycles. The Bertz CT molecular complexity index is 1750. The highest BCUT2D eigenvalue weighted by Gasteiger charge is 2.34. The number of fused-ring (bicyclic) bond motifs is 1. The number of nitrogens with zero attached hydrogens (tertiary/aromatic N) is 2. The first-order valence-electron chi connectivity index (χ1n) is 16.8. The minimum absolute atomic E-state index is 0. The minimum atomic E-state index is -4.61. The van der Waals surface area contributed by atoms with Gasteiger partial charge in [0.1, 0.15) is 23.9 Å². The van der Waals surface area contributed by atoms with E-state index in [1.807, 2.05) is 18.9 Å². The van der Waals surface area contributed by atoms with Crippen molar-refractivity contribution < 1.29 is 52.3 Å². The standard InChI is InChI=1S/C35H45N4O11P.2H3N/c1-5-8-9-10-27(28(6-2)39(22-40)50-35(43)23-11-12-31-29(19-23)38(4)15-16-48-31)33(41)36-21-37-34(42)32-14-13-30(49-32)24-17-25(47-7-3)20-26(18-24)51(44,45)46;;/h11-14,17-20,22,27-28H,5-10,15-16,21H2,1-4H3,(H,36,41)(H,37,42)(H2,44,45,46);2*1H3/t27-,28-;;/m1../s1. The summed E-state index contributed by atoms with van der Waals surface area (Å²) in [4.78, 5) is 78.8. The summed E-state index contributed by atoms with van der Waals surface area (Å²) in [7, 11) is -2.73. The van der Waals surface area contributed by atoms with Crippen molar-refractivity contribution in [3.8, 4) is 22.8 Å². The van der Waals surface area contributed by atoms with E-state index in [4.69, 9.17) is 18.7 Å². The summed E-state index contributed by atoms with van der Waals surface area (Å²) in [5.74, 6) is -1.72. The Labute approximate surface area is 308 Å². The van der Waals surface area contributed by atoms with Crippen LogP contribution in [0.1, 0.15) is 73.8 Å². The highest BCUT2D eigenvalue weighted by Crippen LogP contribution is 2.37. The number of hydrogen-bond donors (Lipinski definition) is 6. The number of furan rings is 1. The van der Waals surface area contributed by atoms with E-state index < -0.39 is 37.3 Å². The molecule has 3 aromatic rings. The van der Waals surface area contributed by atoms with Crippen molar-refractivity contribution >= 4 is 42.8 Å². The maximum absolute atomic E-state index is 13.6. The molecule has 0 saturated heterocycles. The highest BCUT2D eigenvalue weighted by molar-refractivity contribution is 7.60. The Kier molecular flexibility index (Phi) is 17.0. The van der Waals surface area contributed by atoms with Crippen LogP contribution in [0.3, 0.4) is 0 Å². The van der Waals surface area contributed by atoms with Crippen LogP contribution in [-0.2, 0) is 19.0 Å². The van der Waals surface area contributed by atoms with Gasteiger partial charge in [0.25, 0.3) is 5.91 Å². The number of hydroxylamine groups is 2. The first kappa shape index (κ1) is 44.2. The molecule has 0 unspecified atom stereocenters. The second kappa shape index (κ2) is 20.3. The molecule has 2 heterocycles. The number of carbonyl (C=O) groups excluding carboxylic acids is 4. The number of likely N-dealkylation sites (N-methyl/N-ethyl adjacent to an activating group) is 1. The lowest BCUT2D eigenvalue weighted by Crippen LogP contribution is -2.49. The molecule has 53 heavy (non-hydrogen) atoms. The van der Waals surface area contributed by atoms with Crippen molar-refractivity contribution in [1.82, 2.24) is 28.0 Å². The third-order valence-corrected chi connectivity index (χ3v) is 9.34. The fraction of sp³-hybridized carbons (Fsp3) is 0.429. The van der Waals surface area contributed by atoms with Gasteiger partial charge in [-0.05, 0) is 68.3 Å². The van der Waals surface area contributed by atoms with Gasteiger partial charge in [0.05, 0.1) is 48.3 Å². The molecule has 4 rings (SSSR count). The lowest BCUT2D eigenvalue weighted by molar-refractivity contribution is -0.171. The molecule has 10 N–H and O–H groups in total. The summed E-state index contributed by atoms with van der Waals surface area (Å²) >= 11 is 0. The second-order valence-electron chi connectivity index (χ2n) is 12.0. The molecule has 0 bridgehead atoms. The summed E-state index contributed by atoms with van der Waals surface area (Å²) in [5, 5.41) is 5.89. The maximum atomic E-state index is 13.6. The van der Waals surface area contributed by atoms with E-state index in [-0.39, 0.29) is 53.7 Å². The fourth-order valence-corrected chi connectivity index (χ4v) is 6.34. The largest absolute Gasteiger partial charge is 0.494 e. The highest BCUT2D eigenvalue weighted by atomic mass is 31.2. The maximum Gasteiger partial charge on any atom is 0.363 e. The normalized spacial score (nSPS) is 13.1. The first-order valence-corrected chi connectivity index (χ1v) is 18.4. The average Bonchev–Trinajstić information content (AvgIpc) is 3.61. The van der Waals surface area contributed by atoms with Gasteiger partial charge in [-0.2, -0.15) is 5.06 Å². The van der Waals surface area contributed by atoms with Crippen molar-refractivity contribution in [1.29, 1.82) is 0 Å². The van der Waals surface area contributed by atoms with Crippen molar-refractivity contribution in [2.45, 2.75) is 58.9 Å². The van der Waals surface area contributed by atoms with Gasteiger partial charge in [-0.25, -0.2) is 4.79 Å².